The minimum absolute atomic E-state index is 0.314. The number of piperidine rings is 1. The van der Waals surface area contributed by atoms with Gasteiger partial charge in [-0.05, 0) is 43.5 Å². The fraction of sp³-hybridized carbons (Fsp3) is 0.579. The number of guanidine groups is 1. The number of aliphatic imine (C=N–C) groups is 1. The van der Waals surface area contributed by atoms with E-state index in [-0.39, 0.29) is 5.97 Å². The van der Waals surface area contributed by atoms with E-state index in [0.717, 1.165) is 37.5 Å². The number of likely N-dealkylation sites (tertiary alicyclic amines) is 1. The molecule has 1 aliphatic rings. The molecule has 1 aromatic rings. The summed E-state index contributed by atoms with van der Waals surface area (Å²) >= 11 is 0. The Kier molecular flexibility index (Phi) is 7.73. The highest BCUT2D eigenvalue weighted by Crippen LogP contribution is 2.10. The Labute approximate surface area is 150 Å². The van der Waals surface area contributed by atoms with Gasteiger partial charge in [-0.25, -0.2) is 4.79 Å². The normalized spacial score (nSPS) is 16.5. The van der Waals surface area contributed by atoms with Crippen LogP contribution in [0.3, 0.4) is 0 Å². The van der Waals surface area contributed by atoms with Crippen molar-refractivity contribution in [1.29, 1.82) is 0 Å². The zero-order valence-electron chi connectivity index (χ0n) is 15.5. The summed E-state index contributed by atoms with van der Waals surface area (Å²) in [6, 6.07) is 7.89. The Morgan fingerprint density at radius 2 is 1.96 bits per heavy atom. The van der Waals surface area contributed by atoms with Crippen molar-refractivity contribution in [3.63, 3.8) is 0 Å². The number of hydrogen-bond acceptors (Lipinski definition) is 4. The topological polar surface area (TPSA) is 66.0 Å². The van der Waals surface area contributed by atoms with E-state index >= 15 is 0 Å². The quantitative estimate of drug-likeness (QED) is 0.469. The molecule has 1 saturated heterocycles. The first-order valence-corrected chi connectivity index (χ1v) is 9.03. The second kappa shape index (κ2) is 10.0. The molecule has 0 atom stereocenters. The van der Waals surface area contributed by atoms with E-state index in [1.807, 2.05) is 12.1 Å². The van der Waals surface area contributed by atoms with Crippen LogP contribution in [0.4, 0.5) is 0 Å². The Morgan fingerprint density at radius 1 is 1.28 bits per heavy atom. The minimum atomic E-state index is -0.314. The lowest BCUT2D eigenvalue weighted by Crippen LogP contribution is -2.48. The van der Waals surface area contributed by atoms with Gasteiger partial charge in [0.2, 0.25) is 0 Å². The van der Waals surface area contributed by atoms with Crippen LogP contribution in [0.5, 0.6) is 0 Å². The van der Waals surface area contributed by atoms with Gasteiger partial charge in [-0.15, -0.1) is 0 Å². The molecule has 6 heteroatoms. The number of carbonyl (C=O) groups is 1. The Hall–Kier alpha value is -2.08. The van der Waals surface area contributed by atoms with Gasteiger partial charge in [0.05, 0.1) is 12.7 Å². The van der Waals surface area contributed by atoms with Gasteiger partial charge < -0.3 is 20.3 Å². The molecular formula is C19H30N4O2. The molecule has 2 rings (SSSR count). The maximum Gasteiger partial charge on any atom is 0.337 e. The summed E-state index contributed by atoms with van der Waals surface area (Å²) in [6.07, 6.45) is 3.51. The van der Waals surface area contributed by atoms with Crippen molar-refractivity contribution in [1.82, 2.24) is 15.5 Å². The largest absolute Gasteiger partial charge is 0.465 e. The molecular weight excluding hydrogens is 316 g/mol. The van der Waals surface area contributed by atoms with Crippen LogP contribution in [0.15, 0.2) is 29.3 Å². The summed E-state index contributed by atoms with van der Waals surface area (Å²) < 4.78 is 4.71. The van der Waals surface area contributed by atoms with E-state index in [4.69, 9.17) is 4.74 Å². The number of nitrogens with zero attached hydrogens (tertiary/aromatic N) is 2. The lowest BCUT2D eigenvalue weighted by molar-refractivity contribution is 0.0600. The number of hydrogen-bond donors (Lipinski definition) is 2. The van der Waals surface area contributed by atoms with Gasteiger partial charge in [-0.3, -0.25) is 4.99 Å². The van der Waals surface area contributed by atoms with Crippen LogP contribution in [0.1, 0.15) is 42.1 Å². The van der Waals surface area contributed by atoms with Crippen molar-refractivity contribution in [2.75, 3.05) is 33.8 Å². The zero-order chi connectivity index (χ0) is 18.1. The highest BCUT2D eigenvalue weighted by Gasteiger charge is 2.19. The SMILES string of the molecule is CCCN1CCC(NC(=NC)NCc2ccc(C(=O)OC)cc2)CC1. The molecule has 138 valence electrons. The fourth-order valence-electron chi connectivity index (χ4n) is 3.07. The number of rotatable bonds is 6. The summed E-state index contributed by atoms with van der Waals surface area (Å²) in [5.41, 5.74) is 1.65. The van der Waals surface area contributed by atoms with E-state index in [2.05, 4.69) is 27.4 Å². The van der Waals surface area contributed by atoms with Crippen LogP contribution in [-0.2, 0) is 11.3 Å². The average molecular weight is 346 g/mol. The highest BCUT2D eigenvalue weighted by molar-refractivity contribution is 5.89. The van der Waals surface area contributed by atoms with E-state index < -0.39 is 0 Å². The summed E-state index contributed by atoms with van der Waals surface area (Å²) in [6.45, 7) is 6.39. The lowest BCUT2D eigenvalue weighted by Gasteiger charge is -2.32. The smallest absolute Gasteiger partial charge is 0.337 e. The molecule has 1 heterocycles. The summed E-state index contributed by atoms with van der Waals surface area (Å²) in [5, 5.41) is 6.86. The summed E-state index contributed by atoms with van der Waals surface area (Å²) in [7, 11) is 3.18. The van der Waals surface area contributed by atoms with Crippen LogP contribution < -0.4 is 10.6 Å². The van der Waals surface area contributed by atoms with Gasteiger partial charge in [-0.2, -0.15) is 0 Å². The Morgan fingerprint density at radius 3 is 2.52 bits per heavy atom. The number of nitrogens with one attached hydrogen (secondary N) is 2. The van der Waals surface area contributed by atoms with Crippen molar-refractivity contribution in [2.24, 2.45) is 4.99 Å². The number of ether oxygens (including phenoxy) is 1. The first-order chi connectivity index (χ1) is 12.2. The van der Waals surface area contributed by atoms with Gasteiger partial charge >= 0.3 is 5.97 Å². The molecule has 25 heavy (non-hydrogen) atoms. The van der Waals surface area contributed by atoms with Gasteiger partial charge in [0.15, 0.2) is 5.96 Å². The van der Waals surface area contributed by atoms with Crippen molar-refractivity contribution < 1.29 is 9.53 Å². The Bertz CT molecular complexity index is 563. The number of esters is 1. The van der Waals surface area contributed by atoms with Crippen molar-refractivity contribution in [3.05, 3.63) is 35.4 Å². The van der Waals surface area contributed by atoms with Crippen molar-refractivity contribution in [3.8, 4) is 0 Å². The number of benzene rings is 1. The molecule has 0 aromatic heterocycles. The third-order valence-electron chi connectivity index (χ3n) is 4.53. The van der Waals surface area contributed by atoms with E-state index in [9.17, 15) is 4.79 Å². The molecule has 0 spiro atoms. The zero-order valence-corrected chi connectivity index (χ0v) is 15.5. The predicted octanol–water partition coefficient (Wildman–Crippen LogP) is 2.01. The maximum absolute atomic E-state index is 11.5. The summed E-state index contributed by atoms with van der Waals surface area (Å²) in [5.74, 6) is 0.511. The van der Waals surface area contributed by atoms with Crippen molar-refractivity contribution >= 4 is 11.9 Å². The van der Waals surface area contributed by atoms with Crippen molar-refractivity contribution in [2.45, 2.75) is 38.8 Å². The van der Waals surface area contributed by atoms with Gasteiger partial charge in [0, 0.05) is 32.7 Å². The second-order valence-corrected chi connectivity index (χ2v) is 6.37. The van der Waals surface area contributed by atoms with Gasteiger partial charge in [0.1, 0.15) is 0 Å². The third kappa shape index (κ3) is 6.05. The number of carbonyl (C=O) groups excluding carboxylic acids is 1. The third-order valence-corrected chi connectivity index (χ3v) is 4.53. The first kappa shape index (κ1) is 19.2. The Balaban J connectivity index is 1.78. The molecule has 1 aliphatic heterocycles. The minimum Gasteiger partial charge on any atom is -0.465 e. The molecule has 6 nitrogen and oxygen atoms in total. The fourth-order valence-corrected chi connectivity index (χ4v) is 3.07. The highest BCUT2D eigenvalue weighted by atomic mass is 16.5. The molecule has 0 bridgehead atoms. The first-order valence-electron chi connectivity index (χ1n) is 9.03. The lowest BCUT2D eigenvalue weighted by atomic mass is 10.1. The van der Waals surface area contributed by atoms with Crippen LogP contribution >= 0.6 is 0 Å². The molecule has 1 aromatic carbocycles. The molecule has 0 saturated carbocycles. The van der Waals surface area contributed by atoms with E-state index in [1.54, 1.807) is 19.2 Å². The van der Waals surface area contributed by atoms with Gasteiger partial charge in [0.25, 0.3) is 0 Å². The van der Waals surface area contributed by atoms with Crippen LogP contribution in [-0.4, -0.2) is 56.7 Å². The molecule has 2 N–H and O–H groups in total. The predicted molar refractivity (Wildman–Crippen MR) is 101 cm³/mol. The summed E-state index contributed by atoms with van der Waals surface area (Å²) in [4.78, 5) is 18.3. The standard InChI is InChI=1S/C19H30N4O2/c1-4-11-23-12-9-17(10-13-23)22-19(20-2)21-14-15-5-7-16(8-6-15)18(24)25-3/h5-8,17H,4,9-14H2,1-3H3,(H2,20,21,22). The molecule has 0 amide bonds. The van der Waals surface area contributed by atoms with Crippen LogP contribution in [0.2, 0.25) is 0 Å². The van der Waals surface area contributed by atoms with Crippen LogP contribution in [0.25, 0.3) is 0 Å². The number of methoxy groups -OCH3 is 1. The van der Waals surface area contributed by atoms with E-state index in [0.29, 0.717) is 18.2 Å². The molecule has 0 unspecified atom stereocenters. The molecule has 1 fully saturated rings. The van der Waals surface area contributed by atoms with Gasteiger partial charge in [-0.1, -0.05) is 19.1 Å². The molecule has 0 radical (unpaired) electrons. The van der Waals surface area contributed by atoms with Crippen LogP contribution in [0, 0.1) is 0 Å². The monoisotopic (exact) mass is 346 g/mol. The molecule has 0 aliphatic carbocycles. The second-order valence-electron chi connectivity index (χ2n) is 6.37. The average Bonchev–Trinajstić information content (AvgIpc) is 2.66. The van der Waals surface area contributed by atoms with E-state index in [1.165, 1.54) is 20.1 Å². The maximum atomic E-state index is 11.5.